The van der Waals surface area contributed by atoms with Gasteiger partial charge in [-0.25, -0.2) is 8.78 Å². The van der Waals surface area contributed by atoms with Crippen LogP contribution in [0.4, 0.5) is 8.78 Å². The van der Waals surface area contributed by atoms with Gasteiger partial charge in [0.25, 0.3) is 0 Å². The van der Waals surface area contributed by atoms with Gasteiger partial charge in [0.05, 0.1) is 0 Å². The van der Waals surface area contributed by atoms with Crippen molar-refractivity contribution < 1.29 is 8.78 Å². The van der Waals surface area contributed by atoms with Crippen LogP contribution in [0.1, 0.15) is 5.56 Å². The lowest BCUT2D eigenvalue weighted by Crippen LogP contribution is -2.17. The molecular formula is C8H7BF2. The maximum Gasteiger partial charge on any atom is 0.162 e. The molecule has 0 N–H and O–H groups in total. The first-order valence-electron chi connectivity index (χ1n) is 3.75. The van der Waals surface area contributed by atoms with Crippen LogP contribution in [0.3, 0.4) is 0 Å². The van der Waals surface area contributed by atoms with Gasteiger partial charge in [0, 0.05) is 0 Å². The highest BCUT2D eigenvalue weighted by Gasteiger charge is 2.18. The first-order chi connectivity index (χ1) is 5.29. The molecule has 0 unspecified atom stereocenters. The minimum Gasteiger partial charge on any atom is -0.204 e. The number of benzene rings is 1. The highest BCUT2D eigenvalue weighted by molar-refractivity contribution is 6.55. The van der Waals surface area contributed by atoms with Crippen molar-refractivity contribution in [2.75, 3.05) is 0 Å². The Bertz CT molecular complexity index is 296. The van der Waals surface area contributed by atoms with Gasteiger partial charge in [0.15, 0.2) is 18.9 Å². The van der Waals surface area contributed by atoms with Gasteiger partial charge in [0.2, 0.25) is 0 Å². The van der Waals surface area contributed by atoms with Gasteiger partial charge in [-0.1, -0.05) is 17.9 Å². The lowest BCUT2D eigenvalue weighted by atomic mass is 9.72. The maximum absolute atomic E-state index is 12.9. The second kappa shape index (κ2) is 2.33. The van der Waals surface area contributed by atoms with E-state index in [4.69, 9.17) is 0 Å². The van der Waals surface area contributed by atoms with E-state index in [1.807, 2.05) is 0 Å². The second-order valence-electron chi connectivity index (χ2n) is 2.85. The molecule has 0 aromatic heterocycles. The SMILES string of the molecule is Fc1ccc2c(c1F)BCC2. The monoisotopic (exact) mass is 152 g/mol. The average Bonchev–Trinajstić information content (AvgIpc) is 2.45. The largest absolute Gasteiger partial charge is 0.204 e. The van der Waals surface area contributed by atoms with E-state index >= 15 is 0 Å². The maximum atomic E-state index is 12.9. The van der Waals surface area contributed by atoms with Crippen molar-refractivity contribution in [1.29, 1.82) is 0 Å². The van der Waals surface area contributed by atoms with E-state index in [1.165, 1.54) is 6.07 Å². The van der Waals surface area contributed by atoms with Crippen molar-refractivity contribution in [3.8, 4) is 0 Å². The van der Waals surface area contributed by atoms with E-state index in [1.54, 1.807) is 6.07 Å². The normalized spacial score (nSPS) is 14.4. The van der Waals surface area contributed by atoms with Gasteiger partial charge >= 0.3 is 0 Å². The summed E-state index contributed by atoms with van der Waals surface area (Å²) in [5.41, 5.74) is 1.56. The standard InChI is InChI=1S/C8H7BF2/c10-6-2-1-5-3-4-9-7(5)8(6)11/h1-2,9H,3-4H2. The summed E-state index contributed by atoms with van der Waals surface area (Å²) in [5.74, 6) is -1.36. The zero-order valence-electron chi connectivity index (χ0n) is 6.03. The van der Waals surface area contributed by atoms with Gasteiger partial charge in [-0.15, -0.1) is 0 Å². The van der Waals surface area contributed by atoms with Gasteiger partial charge in [-0.2, -0.15) is 0 Å². The molecule has 0 spiro atoms. The Morgan fingerprint density at radius 2 is 2.09 bits per heavy atom. The quantitative estimate of drug-likeness (QED) is 0.486. The molecule has 0 saturated heterocycles. The third-order valence-electron chi connectivity index (χ3n) is 2.17. The molecular weight excluding hydrogens is 145 g/mol. The molecule has 3 heteroatoms. The number of hydrogen-bond acceptors (Lipinski definition) is 0. The third kappa shape index (κ3) is 0.952. The Morgan fingerprint density at radius 3 is 2.91 bits per heavy atom. The molecule has 1 aliphatic heterocycles. The molecule has 0 aliphatic carbocycles. The highest BCUT2D eigenvalue weighted by atomic mass is 19.2. The summed E-state index contributed by atoms with van der Waals surface area (Å²) in [4.78, 5) is 0. The number of aryl methyl sites for hydroxylation is 1. The van der Waals surface area contributed by atoms with Gasteiger partial charge in [-0.3, -0.25) is 0 Å². The predicted octanol–water partition coefficient (Wildman–Crippen LogP) is 1.00. The lowest BCUT2D eigenvalue weighted by molar-refractivity contribution is 0.513. The Kier molecular flexibility index (Phi) is 1.45. The summed E-state index contributed by atoms with van der Waals surface area (Å²) >= 11 is 0. The fourth-order valence-electron chi connectivity index (χ4n) is 1.59. The Morgan fingerprint density at radius 1 is 1.27 bits per heavy atom. The molecule has 0 saturated carbocycles. The van der Waals surface area contributed by atoms with E-state index in [2.05, 4.69) is 0 Å². The average molecular weight is 152 g/mol. The third-order valence-corrected chi connectivity index (χ3v) is 2.17. The van der Waals surface area contributed by atoms with Crippen molar-refractivity contribution in [1.82, 2.24) is 0 Å². The van der Waals surface area contributed by atoms with E-state index in [0.29, 0.717) is 12.7 Å². The zero-order chi connectivity index (χ0) is 7.84. The van der Waals surface area contributed by atoms with E-state index in [9.17, 15) is 8.78 Å². The minimum atomic E-state index is -0.717. The molecule has 1 aliphatic rings. The van der Waals surface area contributed by atoms with Crippen molar-refractivity contribution >= 4 is 12.7 Å². The van der Waals surface area contributed by atoms with Crippen LogP contribution < -0.4 is 5.46 Å². The molecule has 0 nitrogen and oxygen atoms in total. The first kappa shape index (κ1) is 6.83. The van der Waals surface area contributed by atoms with Crippen molar-refractivity contribution in [3.63, 3.8) is 0 Å². The predicted molar refractivity (Wildman–Crippen MR) is 41.7 cm³/mol. The fraction of sp³-hybridized carbons (Fsp3) is 0.250. The van der Waals surface area contributed by atoms with Crippen molar-refractivity contribution in [3.05, 3.63) is 29.3 Å². The van der Waals surface area contributed by atoms with Crippen LogP contribution in [0.15, 0.2) is 12.1 Å². The first-order valence-corrected chi connectivity index (χ1v) is 3.75. The van der Waals surface area contributed by atoms with E-state index in [-0.39, 0.29) is 0 Å². The minimum absolute atomic E-state index is 0.588. The molecule has 0 fully saturated rings. The summed E-state index contributed by atoms with van der Waals surface area (Å²) in [7, 11) is 0.693. The summed E-state index contributed by atoms with van der Waals surface area (Å²) in [6, 6.07) is 2.89. The van der Waals surface area contributed by atoms with Gasteiger partial charge < -0.3 is 0 Å². The topological polar surface area (TPSA) is 0 Å². The van der Waals surface area contributed by atoms with Gasteiger partial charge in [0.1, 0.15) is 0 Å². The van der Waals surface area contributed by atoms with E-state index in [0.717, 1.165) is 18.3 Å². The second-order valence-corrected chi connectivity index (χ2v) is 2.85. The van der Waals surface area contributed by atoms with E-state index < -0.39 is 11.6 Å². The molecule has 0 bridgehead atoms. The summed E-state index contributed by atoms with van der Waals surface area (Å²) in [6.07, 6.45) is 1.85. The van der Waals surface area contributed by atoms with Crippen LogP contribution in [0, 0.1) is 11.6 Å². The molecule has 0 radical (unpaired) electrons. The van der Waals surface area contributed by atoms with Crippen LogP contribution in [0.25, 0.3) is 0 Å². The molecule has 2 rings (SSSR count). The summed E-state index contributed by atoms with van der Waals surface area (Å²) in [5, 5.41) is 0. The molecule has 1 aromatic rings. The van der Waals surface area contributed by atoms with Gasteiger partial charge in [-0.05, 0) is 17.9 Å². The molecule has 1 aromatic carbocycles. The molecule has 1 heterocycles. The smallest absolute Gasteiger partial charge is 0.162 e. The summed E-state index contributed by atoms with van der Waals surface area (Å²) in [6.45, 7) is 0. The van der Waals surface area contributed by atoms with Crippen molar-refractivity contribution in [2.45, 2.75) is 12.7 Å². The van der Waals surface area contributed by atoms with Crippen LogP contribution in [-0.2, 0) is 6.42 Å². The molecule has 11 heavy (non-hydrogen) atoms. The number of hydrogen-bond donors (Lipinski definition) is 0. The van der Waals surface area contributed by atoms with Crippen LogP contribution in [0.2, 0.25) is 6.32 Å². The number of rotatable bonds is 0. The zero-order valence-corrected chi connectivity index (χ0v) is 6.03. The van der Waals surface area contributed by atoms with Crippen molar-refractivity contribution in [2.24, 2.45) is 0 Å². The lowest BCUT2D eigenvalue weighted by Gasteiger charge is -2.00. The Hall–Kier alpha value is -0.855. The Balaban J connectivity index is 2.62. The van der Waals surface area contributed by atoms with Crippen LogP contribution in [-0.4, -0.2) is 7.28 Å². The summed E-state index contributed by atoms with van der Waals surface area (Å²) < 4.78 is 25.5. The number of halogens is 2. The molecule has 0 amide bonds. The van der Waals surface area contributed by atoms with Crippen LogP contribution in [0.5, 0.6) is 0 Å². The molecule has 56 valence electrons. The molecule has 0 atom stereocenters. The van der Waals surface area contributed by atoms with Crippen LogP contribution >= 0.6 is 0 Å². The number of fused-ring (bicyclic) bond motifs is 1. The Labute approximate surface area is 64.5 Å². The highest BCUT2D eigenvalue weighted by Crippen LogP contribution is 2.13. The fourth-order valence-corrected chi connectivity index (χ4v) is 1.59.